The Balaban J connectivity index is 1.37. The van der Waals surface area contributed by atoms with Gasteiger partial charge in [0, 0.05) is 12.6 Å². The van der Waals surface area contributed by atoms with Crippen molar-refractivity contribution in [1.29, 1.82) is 0 Å². The number of rotatable bonds is 27. The second kappa shape index (κ2) is 24.8. The van der Waals surface area contributed by atoms with E-state index >= 15 is 0 Å². The fraction of sp³-hybridized carbons (Fsp3) is 0.562. The second-order valence-electron chi connectivity index (χ2n) is 9.51. The lowest BCUT2D eigenvalue weighted by Gasteiger charge is -2.13. The lowest BCUT2D eigenvalue weighted by Crippen LogP contribution is -2.16. The molecule has 0 bridgehead atoms. The van der Waals surface area contributed by atoms with Crippen LogP contribution >= 0.6 is 0 Å². The van der Waals surface area contributed by atoms with Crippen molar-refractivity contribution in [2.75, 3.05) is 111 Å². The average Bonchev–Trinajstić information content (AvgIpc) is 3.04. The molecular formula is C32H44F3NO11. The van der Waals surface area contributed by atoms with Crippen LogP contribution in [0.2, 0.25) is 0 Å². The Kier molecular flexibility index (Phi) is 21.0. The molecule has 12 nitrogen and oxygen atoms in total. The first kappa shape index (κ1) is 39.9. The Morgan fingerprint density at radius 1 is 0.574 bits per heavy atom. The molecule has 0 saturated heterocycles. The largest absolute Gasteiger partial charge is 0.463 e. The molecule has 0 fully saturated rings. The minimum absolute atomic E-state index is 0.00459. The van der Waals surface area contributed by atoms with Gasteiger partial charge in [0.15, 0.2) is 0 Å². The molecule has 2 rings (SSSR count). The van der Waals surface area contributed by atoms with Crippen LogP contribution in [0.1, 0.15) is 22.8 Å². The van der Waals surface area contributed by atoms with Gasteiger partial charge in [0.05, 0.1) is 109 Å². The number of hydrogen-bond donors (Lipinski definition) is 1. The van der Waals surface area contributed by atoms with Crippen molar-refractivity contribution in [3.8, 4) is 0 Å². The van der Waals surface area contributed by atoms with Crippen molar-refractivity contribution < 1.29 is 65.4 Å². The topological polar surface area (TPSA) is 129 Å². The number of carbonyl (C=O) groups excluding carboxylic acids is 2. The van der Waals surface area contributed by atoms with E-state index in [9.17, 15) is 22.8 Å². The van der Waals surface area contributed by atoms with Crippen molar-refractivity contribution in [2.24, 2.45) is 0 Å². The maximum absolute atomic E-state index is 13.0. The van der Waals surface area contributed by atoms with Gasteiger partial charge in [-0.15, -0.1) is 0 Å². The number of nitrogens with one attached hydrogen (secondary N) is 1. The van der Waals surface area contributed by atoms with E-state index in [-0.39, 0.29) is 37.0 Å². The fourth-order valence-corrected chi connectivity index (χ4v) is 3.64. The molecule has 0 atom stereocenters. The van der Waals surface area contributed by atoms with Gasteiger partial charge in [-0.05, 0) is 30.3 Å². The third-order valence-corrected chi connectivity index (χ3v) is 5.84. The summed E-state index contributed by atoms with van der Waals surface area (Å²) >= 11 is 0. The maximum Gasteiger partial charge on any atom is 0.416 e. The van der Waals surface area contributed by atoms with E-state index in [1.54, 1.807) is 18.2 Å². The Bertz CT molecular complexity index is 1140. The van der Waals surface area contributed by atoms with Crippen molar-refractivity contribution in [3.05, 3.63) is 59.7 Å². The Hall–Kier alpha value is -3.31. The number of benzene rings is 2. The van der Waals surface area contributed by atoms with E-state index in [4.69, 9.17) is 42.6 Å². The predicted octanol–water partition coefficient (Wildman–Crippen LogP) is 4.29. The quantitative estimate of drug-likeness (QED) is 0.107. The first-order valence-corrected chi connectivity index (χ1v) is 15.2. The van der Waals surface area contributed by atoms with E-state index in [2.05, 4.69) is 5.32 Å². The van der Waals surface area contributed by atoms with E-state index in [0.717, 1.165) is 12.1 Å². The van der Waals surface area contributed by atoms with Crippen molar-refractivity contribution in [2.45, 2.75) is 13.1 Å². The molecule has 0 spiro atoms. The van der Waals surface area contributed by atoms with Crippen LogP contribution in [0, 0.1) is 0 Å². The van der Waals surface area contributed by atoms with Crippen molar-refractivity contribution >= 4 is 23.3 Å². The molecule has 2 aromatic carbocycles. The molecular weight excluding hydrogens is 631 g/mol. The van der Waals surface area contributed by atoms with Crippen LogP contribution < -0.4 is 5.32 Å². The normalized spacial score (nSPS) is 11.4. The predicted molar refractivity (Wildman–Crippen MR) is 164 cm³/mol. The molecule has 0 aliphatic carbocycles. The van der Waals surface area contributed by atoms with Crippen LogP contribution in [0.5, 0.6) is 0 Å². The molecule has 0 radical (unpaired) electrons. The fourth-order valence-electron chi connectivity index (χ4n) is 3.64. The highest BCUT2D eigenvalue weighted by Crippen LogP contribution is 2.32. The van der Waals surface area contributed by atoms with Crippen LogP contribution in [-0.4, -0.2) is 118 Å². The highest BCUT2D eigenvalue weighted by atomic mass is 19.4. The molecule has 0 saturated carbocycles. The highest BCUT2D eigenvalue weighted by molar-refractivity contribution is 5.96. The minimum atomic E-state index is -4.48. The van der Waals surface area contributed by atoms with Crippen LogP contribution in [0.15, 0.2) is 48.5 Å². The van der Waals surface area contributed by atoms with E-state index < -0.39 is 17.7 Å². The van der Waals surface area contributed by atoms with Gasteiger partial charge in [0.1, 0.15) is 13.2 Å². The highest BCUT2D eigenvalue weighted by Gasteiger charge is 2.30. The molecule has 0 heterocycles. The summed E-state index contributed by atoms with van der Waals surface area (Å²) in [6.45, 7) is 6.95. The van der Waals surface area contributed by atoms with E-state index in [1.807, 2.05) is 0 Å². The van der Waals surface area contributed by atoms with Gasteiger partial charge in [0.2, 0.25) is 0 Å². The number of para-hydroxylation sites is 1. The lowest BCUT2D eigenvalue weighted by molar-refractivity contribution is -0.142. The Morgan fingerprint density at radius 3 is 1.45 bits per heavy atom. The Morgan fingerprint density at radius 2 is 1.00 bits per heavy atom. The van der Waals surface area contributed by atoms with Gasteiger partial charge >= 0.3 is 18.1 Å². The van der Waals surface area contributed by atoms with Gasteiger partial charge < -0.3 is 47.9 Å². The zero-order chi connectivity index (χ0) is 34.0. The third kappa shape index (κ3) is 19.8. The average molecular weight is 676 g/mol. The molecule has 0 aromatic heterocycles. The molecule has 0 unspecified atom stereocenters. The molecule has 15 heteroatoms. The zero-order valence-electron chi connectivity index (χ0n) is 26.6. The van der Waals surface area contributed by atoms with Crippen molar-refractivity contribution in [3.63, 3.8) is 0 Å². The molecule has 264 valence electrons. The molecule has 0 aliphatic rings. The lowest BCUT2D eigenvalue weighted by atomic mass is 10.1. The minimum Gasteiger partial charge on any atom is -0.463 e. The van der Waals surface area contributed by atoms with Gasteiger partial charge in [-0.25, -0.2) is 4.79 Å². The van der Waals surface area contributed by atoms with Crippen molar-refractivity contribution in [1.82, 2.24) is 0 Å². The summed E-state index contributed by atoms with van der Waals surface area (Å²) in [5.41, 5.74) is -0.102. The number of halogens is 3. The Labute approximate surface area is 272 Å². The summed E-state index contributed by atoms with van der Waals surface area (Å²) in [6, 6.07) is 11.1. The summed E-state index contributed by atoms with van der Waals surface area (Å²) in [7, 11) is 0. The van der Waals surface area contributed by atoms with E-state index in [0.29, 0.717) is 91.6 Å². The number of ether oxygens (including phenoxy) is 9. The van der Waals surface area contributed by atoms with Gasteiger partial charge in [-0.2, -0.15) is 13.2 Å². The van der Waals surface area contributed by atoms with Crippen LogP contribution in [0.25, 0.3) is 0 Å². The van der Waals surface area contributed by atoms with Crippen LogP contribution in [0.4, 0.5) is 24.5 Å². The molecule has 0 aliphatic heterocycles. The number of alkyl halides is 3. The smallest absolute Gasteiger partial charge is 0.416 e. The van der Waals surface area contributed by atoms with Crippen LogP contribution in [0.3, 0.4) is 0 Å². The number of hydrogen-bond acceptors (Lipinski definition) is 12. The summed E-state index contributed by atoms with van der Waals surface area (Å²) < 4.78 is 86.7. The van der Waals surface area contributed by atoms with Gasteiger partial charge in [-0.3, -0.25) is 4.79 Å². The zero-order valence-corrected chi connectivity index (χ0v) is 26.6. The molecule has 0 amide bonds. The first-order chi connectivity index (χ1) is 22.8. The monoisotopic (exact) mass is 675 g/mol. The third-order valence-electron chi connectivity index (χ3n) is 5.84. The van der Waals surface area contributed by atoms with Gasteiger partial charge in [-0.1, -0.05) is 18.2 Å². The van der Waals surface area contributed by atoms with E-state index in [1.165, 1.54) is 25.1 Å². The number of anilines is 2. The first-order valence-electron chi connectivity index (χ1n) is 15.2. The summed E-state index contributed by atoms with van der Waals surface area (Å²) in [4.78, 5) is 23.1. The van der Waals surface area contributed by atoms with Crippen LogP contribution in [-0.2, 0) is 53.6 Å². The molecule has 47 heavy (non-hydrogen) atoms. The molecule has 2 aromatic rings. The second-order valence-corrected chi connectivity index (χ2v) is 9.51. The summed E-state index contributed by atoms with van der Waals surface area (Å²) in [6.07, 6.45) is -4.48. The summed E-state index contributed by atoms with van der Waals surface area (Å²) in [5.74, 6) is -0.963. The maximum atomic E-state index is 13.0. The standard InChI is InChI=1S/C32H44F3NO11/c1-26(37)46-23-21-44-19-17-42-15-13-40-11-9-39-10-12-41-14-16-43-18-20-45-22-24-47-31(38)29-7-2-3-8-30(29)36-28-6-4-5-27(25-28)32(33,34)35/h2-8,25,36H,9-24H2,1H3. The molecule has 1 N–H and O–H groups in total. The number of carbonyl (C=O) groups is 2. The van der Waals surface area contributed by atoms with Gasteiger partial charge in [0.25, 0.3) is 0 Å². The SMILES string of the molecule is CC(=O)OCCOCCOCCOCCOCCOCCOCCOCCOC(=O)c1ccccc1Nc1cccc(C(F)(F)F)c1. The number of esters is 2. The summed E-state index contributed by atoms with van der Waals surface area (Å²) in [5, 5.41) is 2.85.